The monoisotopic (exact) mass is 499 g/mol. The van der Waals surface area contributed by atoms with Crippen molar-refractivity contribution in [2.75, 3.05) is 13.7 Å². The van der Waals surface area contributed by atoms with Crippen LogP contribution in [0.15, 0.2) is 30.5 Å². The number of methoxy groups -OCH3 is 1. The van der Waals surface area contributed by atoms with Crippen molar-refractivity contribution in [3.8, 4) is 5.69 Å². The summed E-state index contributed by atoms with van der Waals surface area (Å²) in [5, 5.41) is 17.2. The summed E-state index contributed by atoms with van der Waals surface area (Å²) in [6.45, 7) is 4.24. The number of aliphatic carboxylic acids is 1. The zero-order valence-corrected chi connectivity index (χ0v) is 20.4. The van der Waals surface area contributed by atoms with Gasteiger partial charge in [-0.05, 0) is 55.4 Å². The predicted molar refractivity (Wildman–Crippen MR) is 130 cm³/mol. The van der Waals surface area contributed by atoms with E-state index >= 15 is 4.39 Å². The van der Waals surface area contributed by atoms with Gasteiger partial charge in [0.05, 0.1) is 24.2 Å². The highest BCUT2D eigenvalue weighted by Gasteiger charge is 2.38. The van der Waals surface area contributed by atoms with Crippen molar-refractivity contribution in [3.63, 3.8) is 0 Å². The molecule has 0 atom stereocenters. The van der Waals surface area contributed by atoms with Crippen LogP contribution in [0.1, 0.15) is 56.7 Å². The summed E-state index contributed by atoms with van der Waals surface area (Å²) in [5.74, 6) is -3.80. The third kappa shape index (κ3) is 3.86. The third-order valence-corrected chi connectivity index (χ3v) is 7.44. The zero-order chi connectivity index (χ0) is 25.8. The van der Waals surface area contributed by atoms with Crippen LogP contribution in [0.2, 0.25) is 0 Å². The average Bonchev–Trinajstić information content (AvgIpc) is 3.45. The minimum Gasteiger partial charge on any atom is -0.481 e. The fourth-order valence-corrected chi connectivity index (χ4v) is 5.84. The van der Waals surface area contributed by atoms with Gasteiger partial charge in [0.1, 0.15) is 5.52 Å². The second-order valence-corrected chi connectivity index (χ2v) is 10.3. The van der Waals surface area contributed by atoms with Crippen LogP contribution in [0.5, 0.6) is 0 Å². The van der Waals surface area contributed by atoms with Crippen LogP contribution in [-0.2, 0) is 14.9 Å². The fraction of sp³-hybridized carbons (Fsp3) is 0.407. The van der Waals surface area contributed by atoms with Crippen LogP contribution in [0.3, 0.4) is 0 Å². The Hall–Kier alpha value is -3.33. The van der Waals surface area contributed by atoms with E-state index in [4.69, 9.17) is 4.74 Å². The highest BCUT2D eigenvalue weighted by molar-refractivity contribution is 6.00. The summed E-state index contributed by atoms with van der Waals surface area (Å²) in [5.41, 5.74) is 2.00. The second kappa shape index (κ2) is 8.96. The minimum absolute atomic E-state index is 0.115. The van der Waals surface area contributed by atoms with E-state index in [9.17, 15) is 18.7 Å². The smallest absolute Gasteiger partial charge is 0.306 e. The summed E-state index contributed by atoms with van der Waals surface area (Å²) >= 11 is 0. The number of carboxylic acid groups (broad SMARTS) is 1. The number of aromatic nitrogens is 3. The molecule has 1 aliphatic carbocycles. The van der Waals surface area contributed by atoms with E-state index in [2.05, 4.69) is 10.2 Å². The molecule has 1 aliphatic rings. The molecule has 2 aromatic heterocycles. The zero-order valence-electron chi connectivity index (χ0n) is 20.4. The maximum atomic E-state index is 16.2. The van der Waals surface area contributed by atoms with Crippen LogP contribution in [0.25, 0.3) is 27.5 Å². The first kappa shape index (κ1) is 24.4. The first-order chi connectivity index (χ1) is 17.1. The quantitative estimate of drug-likeness (QED) is 0.331. The van der Waals surface area contributed by atoms with Gasteiger partial charge in [-0.25, -0.2) is 13.2 Å². The van der Waals surface area contributed by atoms with Crippen LogP contribution in [0, 0.1) is 23.4 Å². The maximum absolute atomic E-state index is 16.2. The molecule has 190 valence electrons. The number of carbonyl (C=O) groups is 1. The van der Waals surface area contributed by atoms with Gasteiger partial charge in [0.2, 0.25) is 0 Å². The number of aromatic amines is 1. The first-order valence-electron chi connectivity index (χ1n) is 12.0. The normalized spacial score (nSPS) is 18.8. The van der Waals surface area contributed by atoms with Crippen LogP contribution in [0.4, 0.5) is 13.2 Å². The third-order valence-electron chi connectivity index (χ3n) is 7.44. The molecule has 0 saturated heterocycles. The van der Waals surface area contributed by atoms with Crippen molar-refractivity contribution in [1.82, 2.24) is 14.8 Å². The van der Waals surface area contributed by atoms with E-state index in [1.165, 1.54) is 12.3 Å². The SMILES string of the molecule is COCC(C)(C)c1c([C@H]2CC[C@H](C(=O)O)CC2)c2c(F)c3[nH]ncc3cc2n1-c1ccc(F)c(F)c1. The number of halogens is 3. The van der Waals surface area contributed by atoms with Gasteiger partial charge < -0.3 is 14.4 Å². The molecule has 0 radical (unpaired) electrons. The van der Waals surface area contributed by atoms with E-state index in [0.29, 0.717) is 54.3 Å². The molecule has 2 heterocycles. The summed E-state index contributed by atoms with van der Waals surface area (Å²) < 4.78 is 51.9. The lowest BCUT2D eigenvalue weighted by atomic mass is 9.74. The molecule has 2 N–H and O–H groups in total. The molecule has 0 bridgehead atoms. The van der Waals surface area contributed by atoms with Gasteiger partial charge >= 0.3 is 5.97 Å². The molecule has 9 heteroatoms. The van der Waals surface area contributed by atoms with Gasteiger partial charge in [-0.1, -0.05) is 13.8 Å². The number of nitrogens with zero attached hydrogens (tertiary/aromatic N) is 2. The van der Waals surface area contributed by atoms with E-state index < -0.39 is 34.8 Å². The van der Waals surface area contributed by atoms with Crippen molar-refractivity contribution in [2.45, 2.75) is 50.9 Å². The molecular formula is C27H28F3N3O3. The highest BCUT2D eigenvalue weighted by atomic mass is 19.2. The summed E-state index contributed by atoms with van der Waals surface area (Å²) in [7, 11) is 1.58. The lowest BCUT2D eigenvalue weighted by molar-refractivity contribution is -0.142. The minimum atomic E-state index is -1.00. The van der Waals surface area contributed by atoms with Crippen molar-refractivity contribution >= 4 is 27.8 Å². The van der Waals surface area contributed by atoms with E-state index in [-0.39, 0.29) is 11.4 Å². The summed E-state index contributed by atoms with van der Waals surface area (Å²) in [4.78, 5) is 11.6. The number of carboxylic acids is 1. The van der Waals surface area contributed by atoms with E-state index in [1.54, 1.807) is 17.7 Å². The lowest BCUT2D eigenvalue weighted by Crippen LogP contribution is -2.29. The fourth-order valence-electron chi connectivity index (χ4n) is 5.84. The Morgan fingerprint density at radius 2 is 1.89 bits per heavy atom. The molecule has 36 heavy (non-hydrogen) atoms. The van der Waals surface area contributed by atoms with E-state index in [0.717, 1.165) is 23.4 Å². The standard InChI is InChI=1S/C27H28F3N3O3/c1-27(2,13-36-3)25-21(14-4-6-15(7-5-14)26(34)35)22-20(10-16-12-31-32-24(16)23(22)30)33(25)17-8-9-18(28)19(29)11-17/h8-12,14-15H,4-7,13H2,1-3H3,(H,31,32)(H,34,35)/t14-,15-. The Labute approximate surface area is 206 Å². The number of fused-ring (bicyclic) bond motifs is 2. The number of hydrogen-bond donors (Lipinski definition) is 2. The van der Waals surface area contributed by atoms with Crippen molar-refractivity contribution in [2.24, 2.45) is 5.92 Å². The van der Waals surface area contributed by atoms with Gasteiger partial charge in [0, 0.05) is 40.7 Å². The highest BCUT2D eigenvalue weighted by Crippen LogP contribution is 2.48. The predicted octanol–water partition coefficient (Wildman–Crippen LogP) is 6.21. The van der Waals surface area contributed by atoms with Crippen LogP contribution in [-0.4, -0.2) is 39.6 Å². The van der Waals surface area contributed by atoms with Gasteiger partial charge in [0.25, 0.3) is 0 Å². The molecule has 1 fully saturated rings. The van der Waals surface area contributed by atoms with Gasteiger partial charge in [-0.15, -0.1) is 0 Å². The Kier molecular flexibility index (Phi) is 6.06. The number of hydrogen-bond acceptors (Lipinski definition) is 3. The number of rotatable bonds is 6. The largest absolute Gasteiger partial charge is 0.481 e. The van der Waals surface area contributed by atoms with Crippen molar-refractivity contribution < 1.29 is 27.8 Å². The summed E-state index contributed by atoms with van der Waals surface area (Å²) in [6.07, 6.45) is 3.64. The number of H-pyrrole nitrogens is 1. The molecule has 5 rings (SSSR count). The lowest BCUT2D eigenvalue weighted by Gasteiger charge is -2.32. The first-order valence-corrected chi connectivity index (χ1v) is 12.0. The Balaban J connectivity index is 1.87. The average molecular weight is 500 g/mol. The molecule has 0 unspecified atom stereocenters. The Morgan fingerprint density at radius 1 is 1.17 bits per heavy atom. The number of nitrogens with one attached hydrogen (secondary N) is 1. The van der Waals surface area contributed by atoms with Crippen molar-refractivity contribution in [1.29, 1.82) is 0 Å². The molecular weight excluding hydrogens is 471 g/mol. The second-order valence-electron chi connectivity index (χ2n) is 10.3. The maximum Gasteiger partial charge on any atom is 0.306 e. The van der Waals surface area contributed by atoms with Gasteiger partial charge in [0.15, 0.2) is 17.5 Å². The van der Waals surface area contributed by atoms with Crippen LogP contribution >= 0.6 is 0 Å². The Morgan fingerprint density at radius 3 is 2.53 bits per heavy atom. The molecule has 0 spiro atoms. The number of ether oxygens (including phenoxy) is 1. The summed E-state index contributed by atoms with van der Waals surface area (Å²) in [6, 6.07) is 5.46. The van der Waals surface area contributed by atoms with E-state index in [1.807, 2.05) is 13.8 Å². The molecule has 6 nitrogen and oxygen atoms in total. The van der Waals surface area contributed by atoms with Crippen molar-refractivity contribution in [3.05, 3.63) is 59.2 Å². The molecule has 4 aromatic rings. The molecule has 0 amide bonds. The van der Waals surface area contributed by atoms with Gasteiger partial charge in [-0.3, -0.25) is 9.89 Å². The molecule has 1 saturated carbocycles. The van der Waals surface area contributed by atoms with Gasteiger partial charge in [-0.2, -0.15) is 5.10 Å². The van der Waals surface area contributed by atoms with Crippen LogP contribution < -0.4 is 0 Å². The Bertz CT molecular complexity index is 1470. The number of benzene rings is 2. The topological polar surface area (TPSA) is 80.1 Å². The molecule has 0 aliphatic heterocycles. The molecule has 2 aromatic carbocycles.